The zero-order chi connectivity index (χ0) is 20.3. The van der Waals surface area contributed by atoms with Crippen molar-refractivity contribution in [3.8, 4) is 5.75 Å². The van der Waals surface area contributed by atoms with Gasteiger partial charge in [0.05, 0.1) is 10.6 Å². The van der Waals surface area contributed by atoms with E-state index in [-0.39, 0.29) is 23.0 Å². The highest BCUT2D eigenvalue weighted by Crippen LogP contribution is 2.31. The molecular formula is C22H22N2O3S. The Morgan fingerprint density at radius 3 is 2.25 bits per heavy atom. The smallest absolute Gasteiger partial charge is 0.265 e. The van der Waals surface area contributed by atoms with Gasteiger partial charge in [0.1, 0.15) is 5.75 Å². The molecule has 28 heavy (non-hydrogen) atoms. The maximum Gasteiger partial charge on any atom is 0.265 e. The van der Waals surface area contributed by atoms with Gasteiger partial charge in [-0.05, 0) is 58.8 Å². The molecule has 3 N–H and O–H groups in total. The Bertz CT molecular complexity index is 988. The molecule has 5 nitrogen and oxygen atoms in total. The molecule has 0 saturated heterocycles. The quantitative estimate of drug-likeness (QED) is 0.529. The van der Waals surface area contributed by atoms with Gasteiger partial charge in [-0.15, -0.1) is 11.3 Å². The van der Waals surface area contributed by atoms with E-state index in [9.17, 15) is 14.7 Å². The third-order valence-electron chi connectivity index (χ3n) is 4.26. The lowest BCUT2D eigenvalue weighted by atomic mass is 9.87. The third kappa shape index (κ3) is 4.58. The van der Waals surface area contributed by atoms with E-state index in [1.54, 1.807) is 42.5 Å². The van der Waals surface area contributed by atoms with Crippen LogP contribution < -0.4 is 10.6 Å². The van der Waals surface area contributed by atoms with Crippen molar-refractivity contribution in [3.05, 3.63) is 76.0 Å². The molecule has 1 aromatic heterocycles. The molecule has 1 heterocycles. The van der Waals surface area contributed by atoms with Gasteiger partial charge in [0, 0.05) is 11.3 Å². The molecule has 0 fully saturated rings. The maximum absolute atomic E-state index is 12.5. The second kappa shape index (κ2) is 7.86. The van der Waals surface area contributed by atoms with E-state index >= 15 is 0 Å². The second-order valence-electron chi connectivity index (χ2n) is 7.44. The van der Waals surface area contributed by atoms with Gasteiger partial charge in [-0.25, -0.2) is 0 Å². The Hall–Kier alpha value is -3.12. The van der Waals surface area contributed by atoms with Crippen molar-refractivity contribution < 1.29 is 14.7 Å². The highest BCUT2D eigenvalue weighted by molar-refractivity contribution is 7.12. The first kappa shape index (κ1) is 19.6. The summed E-state index contributed by atoms with van der Waals surface area (Å²) in [7, 11) is 0. The van der Waals surface area contributed by atoms with Crippen LogP contribution in [0.2, 0.25) is 0 Å². The van der Waals surface area contributed by atoms with E-state index in [2.05, 4.69) is 31.4 Å². The number of hydrogen-bond donors (Lipinski definition) is 3. The summed E-state index contributed by atoms with van der Waals surface area (Å²) in [6.45, 7) is 6.19. The standard InChI is InChI=1S/C22H22N2O3S/c1-22(2,3)15-8-11-18(25)17(13-15)24-20(26)14-6-9-16(10-7-14)23-21(27)19-5-4-12-28-19/h4-13,25H,1-3H3,(H,23,27)(H,24,26). The van der Waals surface area contributed by atoms with Crippen molar-refractivity contribution in [2.75, 3.05) is 10.6 Å². The van der Waals surface area contributed by atoms with E-state index in [0.29, 0.717) is 21.8 Å². The van der Waals surface area contributed by atoms with Gasteiger partial charge in [-0.1, -0.05) is 32.9 Å². The number of amides is 2. The number of phenolic OH excluding ortho intramolecular Hbond substituents is 1. The Balaban J connectivity index is 1.71. The summed E-state index contributed by atoms with van der Waals surface area (Å²) in [4.78, 5) is 25.2. The molecule has 0 saturated carbocycles. The van der Waals surface area contributed by atoms with Gasteiger partial charge in [0.15, 0.2) is 0 Å². The molecule has 2 aromatic carbocycles. The number of phenols is 1. The molecule has 6 heteroatoms. The van der Waals surface area contributed by atoms with Crippen molar-refractivity contribution in [1.82, 2.24) is 0 Å². The van der Waals surface area contributed by atoms with Gasteiger partial charge >= 0.3 is 0 Å². The van der Waals surface area contributed by atoms with Crippen LogP contribution >= 0.6 is 11.3 Å². The van der Waals surface area contributed by atoms with E-state index in [0.717, 1.165) is 5.56 Å². The number of hydrogen-bond acceptors (Lipinski definition) is 4. The van der Waals surface area contributed by atoms with Crippen LogP contribution in [0.5, 0.6) is 5.75 Å². The van der Waals surface area contributed by atoms with Gasteiger partial charge < -0.3 is 15.7 Å². The number of carbonyl (C=O) groups is 2. The predicted molar refractivity (Wildman–Crippen MR) is 113 cm³/mol. The summed E-state index contributed by atoms with van der Waals surface area (Å²) >= 11 is 1.36. The second-order valence-corrected chi connectivity index (χ2v) is 8.39. The minimum Gasteiger partial charge on any atom is -0.506 e. The lowest BCUT2D eigenvalue weighted by molar-refractivity contribution is 0.102. The van der Waals surface area contributed by atoms with Crippen LogP contribution in [0.25, 0.3) is 0 Å². The Morgan fingerprint density at radius 1 is 0.929 bits per heavy atom. The van der Waals surface area contributed by atoms with Crippen LogP contribution in [0.1, 0.15) is 46.4 Å². The monoisotopic (exact) mass is 394 g/mol. The number of aromatic hydroxyl groups is 1. The molecule has 0 bridgehead atoms. The van der Waals surface area contributed by atoms with Crippen molar-refractivity contribution in [3.63, 3.8) is 0 Å². The maximum atomic E-state index is 12.5. The lowest BCUT2D eigenvalue weighted by Crippen LogP contribution is -2.15. The van der Waals surface area contributed by atoms with Crippen LogP contribution in [0.4, 0.5) is 11.4 Å². The average molecular weight is 394 g/mol. The first-order chi connectivity index (χ1) is 13.2. The Labute approximate surface area is 168 Å². The average Bonchev–Trinajstić information content (AvgIpc) is 3.18. The normalized spacial score (nSPS) is 11.1. The molecule has 0 unspecified atom stereocenters. The lowest BCUT2D eigenvalue weighted by Gasteiger charge is -2.20. The van der Waals surface area contributed by atoms with E-state index in [4.69, 9.17) is 0 Å². The van der Waals surface area contributed by atoms with Crippen LogP contribution in [-0.4, -0.2) is 16.9 Å². The van der Waals surface area contributed by atoms with Crippen molar-refractivity contribution in [2.24, 2.45) is 0 Å². The summed E-state index contributed by atoms with van der Waals surface area (Å²) in [5, 5.41) is 17.4. The minimum atomic E-state index is -0.336. The van der Waals surface area contributed by atoms with Gasteiger partial charge in [0.2, 0.25) is 0 Å². The fourth-order valence-electron chi connectivity index (χ4n) is 2.60. The summed E-state index contributed by atoms with van der Waals surface area (Å²) in [6, 6.07) is 15.4. The molecule has 0 aliphatic rings. The fourth-order valence-corrected chi connectivity index (χ4v) is 3.22. The van der Waals surface area contributed by atoms with Crippen LogP contribution in [0.3, 0.4) is 0 Å². The van der Waals surface area contributed by atoms with Crippen LogP contribution in [-0.2, 0) is 5.41 Å². The molecule has 3 rings (SSSR count). The predicted octanol–water partition coefficient (Wildman–Crippen LogP) is 5.26. The summed E-state index contributed by atoms with van der Waals surface area (Å²) < 4.78 is 0. The summed E-state index contributed by atoms with van der Waals surface area (Å²) in [6.07, 6.45) is 0. The van der Waals surface area contributed by atoms with E-state index < -0.39 is 0 Å². The minimum absolute atomic E-state index is 0.0150. The molecule has 0 spiro atoms. The number of nitrogens with one attached hydrogen (secondary N) is 2. The molecule has 0 aliphatic carbocycles. The number of thiophene rings is 1. The first-order valence-corrected chi connectivity index (χ1v) is 9.72. The highest BCUT2D eigenvalue weighted by Gasteiger charge is 2.17. The summed E-state index contributed by atoms with van der Waals surface area (Å²) in [5.74, 6) is -0.505. The van der Waals surface area contributed by atoms with Crippen LogP contribution in [0.15, 0.2) is 60.0 Å². The largest absolute Gasteiger partial charge is 0.506 e. The molecular weight excluding hydrogens is 372 g/mol. The molecule has 2 amide bonds. The first-order valence-electron chi connectivity index (χ1n) is 8.84. The zero-order valence-electron chi connectivity index (χ0n) is 15.9. The highest BCUT2D eigenvalue weighted by atomic mass is 32.1. The Morgan fingerprint density at radius 2 is 1.64 bits per heavy atom. The zero-order valence-corrected chi connectivity index (χ0v) is 16.8. The summed E-state index contributed by atoms with van der Waals surface area (Å²) in [5.41, 5.74) is 2.30. The van der Waals surface area contributed by atoms with Crippen molar-refractivity contribution in [1.29, 1.82) is 0 Å². The van der Waals surface area contributed by atoms with Gasteiger partial charge in [-0.2, -0.15) is 0 Å². The van der Waals surface area contributed by atoms with E-state index in [1.807, 2.05) is 17.5 Å². The fraction of sp³-hybridized carbons (Fsp3) is 0.182. The number of benzene rings is 2. The topological polar surface area (TPSA) is 78.4 Å². The number of carbonyl (C=O) groups excluding carboxylic acids is 2. The molecule has 0 aliphatic heterocycles. The van der Waals surface area contributed by atoms with Gasteiger partial charge in [0.25, 0.3) is 11.8 Å². The molecule has 144 valence electrons. The van der Waals surface area contributed by atoms with Crippen molar-refractivity contribution >= 4 is 34.5 Å². The third-order valence-corrected chi connectivity index (χ3v) is 5.13. The van der Waals surface area contributed by atoms with Crippen molar-refractivity contribution in [2.45, 2.75) is 26.2 Å². The Kier molecular flexibility index (Phi) is 5.51. The molecule has 0 radical (unpaired) electrons. The van der Waals surface area contributed by atoms with Crippen LogP contribution in [0, 0.1) is 0 Å². The SMILES string of the molecule is CC(C)(C)c1ccc(O)c(NC(=O)c2ccc(NC(=O)c3cccs3)cc2)c1. The van der Waals surface area contributed by atoms with Gasteiger partial charge in [-0.3, -0.25) is 9.59 Å². The molecule has 3 aromatic rings. The van der Waals surface area contributed by atoms with E-state index in [1.165, 1.54) is 11.3 Å². The number of anilines is 2. The molecule has 0 atom stereocenters. The number of rotatable bonds is 4.